The van der Waals surface area contributed by atoms with Gasteiger partial charge in [-0.05, 0) is 26.0 Å². The van der Waals surface area contributed by atoms with Crippen molar-refractivity contribution in [1.29, 1.82) is 0 Å². The lowest BCUT2D eigenvalue weighted by Gasteiger charge is -2.19. The summed E-state index contributed by atoms with van der Waals surface area (Å²) in [4.78, 5) is 0. The molecule has 0 amide bonds. The molecule has 1 aromatic carbocycles. The van der Waals surface area contributed by atoms with Crippen LogP contribution in [0.15, 0.2) is 24.3 Å². The maximum atomic E-state index is 5.88. The highest BCUT2D eigenvalue weighted by Crippen LogP contribution is 2.17. The summed E-state index contributed by atoms with van der Waals surface area (Å²) in [6.45, 7) is 10.0. The van der Waals surface area contributed by atoms with Gasteiger partial charge in [-0.15, -0.1) is 0 Å². The van der Waals surface area contributed by atoms with Crippen LogP contribution < -0.4 is 5.32 Å². The molecule has 0 heterocycles. The quantitative estimate of drug-likeness (QED) is 0.685. The lowest BCUT2D eigenvalue weighted by molar-refractivity contribution is 0.00707. The van der Waals surface area contributed by atoms with Crippen LogP contribution in [0.5, 0.6) is 0 Å². The minimum Gasteiger partial charge on any atom is -0.379 e. The Kier molecular flexibility index (Phi) is 7.65. The minimum absolute atomic E-state index is 0.103. The highest BCUT2D eigenvalue weighted by atomic mass is 16.5. The molecule has 3 nitrogen and oxygen atoms in total. The van der Waals surface area contributed by atoms with E-state index in [4.69, 9.17) is 9.47 Å². The van der Waals surface area contributed by atoms with Crippen molar-refractivity contribution in [1.82, 2.24) is 5.32 Å². The molecule has 1 rings (SSSR count). The second-order valence-electron chi connectivity index (χ2n) is 4.27. The van der Waals surface area contributed by atoms with Gasteiger partial charge in [0.15, 0.2) is 0 Å². The summed E-state index contributed by atoms with van der Waals surface area (Å²) in [6.07, 6.45) is 0.103. The normalized spacial score (nSPS) is 12.6. The van der Waals surface area contributed by atoms with Gasteiger partial charge in [-0.25, -0.2) is 0 Å². The van der Waals surface area contributed by atoms with Crippen molar-refractivity contribution in [2.45, 2.75) is 26.9 Å². The first-order valence-corrected chi connectivity index (χ1v) is 6.74. The van der Waals surface area contributed by atoms with E-state index in [1.165, 1.54) is 11.1 Å². The molecule has 0 radical (unpaired) electrons. The zero-order valence-corrected chi connectivity index (χ0v) is 11.7. The van der Waals surface area contributed by atoms with E-state index in [-0.39, 0.29) is 6.10 Å². The van der Waals surface area contributed by atoms with Gasteiger partial charge >= 0.3 is 0 Å². The summed E-state index contributed by atoms with van der Waals surface area (Å²) in [5.74, 6) is 0. The van der Waals surface area contributed by atoms with Crippen molar-refractivity contribution in [3.05, 3.63) is 35.4 Å². The standard InChI is InChI=1S/C15H25NO2/c1-4-16-12-15(18-11-10-17-5-2)14-8-6-13(3)7-9-14/h6-9,15-16H,4-5,10-12H2,1-3H3. The van der Waals surface area contributed by atoms with Crippen LogP contribution in [-0.2, 0) is 9.47 Å². The summed E-state index contributed by atoms with van der Waals surface area (Å²) in [6, 6.07) is 8.52. The van der Waals surface area contributed by atoms with Crippen molar-refractivity contribution in [3.63, 3.8) is 0 Å². The van der Waals surface area contributed by atoms with Crippen LogP contribution in [-0.4, -0.2) is 32.9 Å². The number of aryl methyl sites for hydroxylation is 1. The summed E-state index contributed by atoms with van der Waals surface area (Å²) < 4.78 is 11.2. The van der Waals surface area contributed by atoms with Crippen LogP contribution in [0.25, 0.3) is 0 Å². The molecule has 0 aromatic heterocycles. The van der Waals surface area contributed by atoms with Crippen LogP contribution in [0.1, 0.15) is 31.1 Å². The third-order valence-electron chi connectivity index (χ3n) is 2.78. The molecule has 0 saturated carbocycles. The predicted molar refractivity (Wildman–Crippen MR) is 74.9 cm³/mol. The maximum Gasteiger partial charge on any atom is 0.0950 e. The molecule has 0 saturated heterocycles. The zero-order chi connectivity index (χ0) is 13.2. The molecule has 3 heteroatoms. The Hall–Kier alpha value is -0.900. The van der Waals surface area contributed by atoms with Crippen molar-refractivity contribution in [3.8, 4) is 0 Å². The predicted octanol–water partition coefficient (Wildman–Crippen LogP) is 2.70. The smallest absolute Gasteiger partial charge is 0.0950 e. The fourth-order valence-electron chi connectivity index (χ4n) is 1.72. The second kappa shape index (κ2) is 9.09. The summed E-state index contributed by atoms with van der Waals surface area (Å²) in [7, 11) is 0. The number of ether oxygens (including phenoxy) is 2. The summed E-state index contributed by atoms with van der Waals surface area (Å²) in [5, 5.41) is 3.34. The number of hydrogen-bond donors (Lipinski definition) is 1. The zero-order valence-electron chi connectivity index (χ0n) is 11.7. The third-order valence-corrected chi connectivity index (χ3v) is 2.78. The Bertz CT molecular complexity index is 311. The Morgan fingerprint density at radius 2 is 1.83 bits per heavy atom. The first-order valence-electron chi connectivity index (χ1n) is 6.74. The van der Waals surface area contributed by atoms with Crippen LogP contribution in [0.3, 0.4) is 0 Å². The molecule has 1 unspecified atom stereocenters. The molecule has 1 atom stereocenters. The van der Waals surface area contributed by atoms with Gasteiger partial charge in [0.1, 0.15) is 0 Å². The average molecular weight is 251 g/mol. The van der Waals surface area contributed by atoms with Gasteiger partial charge in [-0.1, -0.05) is 36.8 Å². The molecular weight excluding hydrogens is 226 g/mol. The van der Waals surface area contributed by atoms with Gasteiger partial charge in [0.25, 0.3) is 0 Å². The molecule has 102 valence electrons. The molecule has 1 aromatic rings. The van der Waals surface area contributed by atoms with Crippen LogP contribution in [0.4, 0.5) is 0 Å². The SMILES string of the molecule is CCNCC(OCCOCC)c1ccc(C)cc1. The number of hydrogen-bond acceptors (Lipinski definition) is 3. The molecule has 0 aliphatic heterocycles. The van der Waals surface area contributed by atoms with Crippen molar-refractivity contribution >= 4 is 0 Å². The van der Waals surface area contributed by atoms with Gasteiger partial charge in [0, 0.05) is 13.2 Å². The average Bonchev–Trinajstić information content (AvgIpc) is 2.39. The molecule has 18 heavy (non-hydrogen) atoms. The highest BCUT2D eigenvalue weighted by Gasteiger charge is 2.11. The Balaban J connectivity index is 2.51. The van der Waals surface area contributed by atoms with Crippen LogP contribution in [0.2, 0.25) is 0 Å². The largest absolute Gasteiger partial charge is 0.379 e. The molecule has 1 N–H and O–H groups in total. The van der Waals surface area contributed by atoms with E-state index in [1.54, 1.807) is 0 Å². The van der Waals surface area contributed by atoms with E-state index in [2.05, 4.69) is 43.4 Å². The van der Waals surface area contributed by atoms with Gasteiger partial charge < -0.3 is 14.8 Å². The van der Waals surface area contributed by atoms with E-state index in [0.29, 0.717) is 13.2 Å². The molecular formula is C15H25NO2. The fourth-order valence-corrected chi connectivity index (χ4v) is 1.72. The van der Waals surface area contributed by atoms with E-state index in [1.807, 2.05) is 6.92 Å². The second-order valence-corrected chi connectivity index (χ2v) is 4.27. The highest BCUT2D eigenvalue weighted by molar-refractivity contribution is 5.23. The Labute approximate surface area is 110 Å². The monoisotopic (exact) mass is 251 g/mol. The lowest BCUT2D eigenvalue weighted by Crippen LogP contribution is -2.24. The molecule has 0 aliphatic carbocycles. The number of likely N-dealkylation sites (N-methyl/N-ethyl adjacent to an activating group) is 1. The van der Waals surface area contributed by atoms with Crippen LogP contribution >= 0.6 is 0 Å². The van der Waals surface area contributed by atoms with Gasteiger partial charge in [0.05, 0.1) is 19.3 Å². The number of rotatable bonds is 9. The van der Waals surface area contributed by atoms with Gasteiger partial charge in [0.2, 0.25) is 0 Å². The first-order chi connectivity index (χ1) is 8.77. The fraction of sp³-hybridized carbons (Fsp3) is 0.600. The molecule has 0 fully saturated rings. The van der Waals surface area contributed by atoms with Crippen LogP contribution in [0, 0.1) is 6.92 Å². The van der Waals surface area contributed by atoms with E-state index < -0.39 is 0 Å². The van der Waals surface area contributed by atoms with Gasteiger partial charge in [-0.3, -0.25) is 0 Å². The van der Waals surface area contributed by atoms with Gasteiger partial charge in [-0.2, -0.15) is 0 Å². The maximum absolute atomic E-state index is 5.88. The number of nitrogens with one attached hydrogen (secondary N) is 1. The third kappa shape index (κ3) is 5.63. The van der Waals surface area contributed by atoms with Crippen molar-refractivity contribution in [2.75, 3.05) is 32.9 Å². The first kappa shape index (κ1) is 15.2. The van der Waals surface area contributed by atoms with Crippen molar-refractivity contribution in [2.24, 2.45) is 0 Å². The molecule has 0 bridgehead atoms. The minimum atomic E-state index is 0.103. The Morgan fingerprint density at radius 1 is 1.11 bits per heavy atom. The van der Waals surface area contributed by atoms with Crippen molar-refractivity contribution < 1.29 is 9.47 Å². The summed E-state index contributed by atoms with van der Waals surface area (Å²) >= 11 is 0. The van der Waals surface area contributed by atoms with E-state index >= 15 is 0 Å². The molecule has 0 aliphatic rings. The van der Waals surface area contributed by atoms with E-state index in [9.17, 15) is 0 Å². The van der Waals surface area contributed by atoms with E-state index in [0.717, 1.165) is 19.7 Å². The summed E-state index contributed by atoms with van der Waals surface area (Å²) in [5.41, 5.74) is 2.49. The lowest BCUT2D eigenvalue weighted by atomic mass is 10.1. The Morgan fingerprint density at radius 3 is 2.44 bits per heavy atom. The number of benzene rings is 1. The molecule has 0 spiro atoms. The topological polar surface area (TPSA) is 30.5 Å².